The van der Waals surface area contributed by atoms with Gasteiger partial charge in [-0.15, -0.1) is 0 Å². The Labute approximate surface area is 221 Å². The molecule has 196 valence electrons. The van der Waals surface area contributed by atoms with Gasteiger partial charge in [-0.2, -0.15) is 0 Å². The van der Waals surface area contributed by atoms with E-state index >= 15 is 0 Å². The third-order valence-corrected chi connectivity index (χ3v) is 7.70. The molecule has 0 radical (unpaired) electrons. The quantitative estimate of drug-likeness (QED) is 0.536. The summed E-state index contributed by atoms with van der Waals surface area (Å²) in [6, 6.07) is 14.9. The number of rotatable bonds is 5. The van der Waals surface area contributed by atoms with Crippen molar-refractivity contribution in [3.05, 3.63) is 95.2 Å². The zero-order chi connectivity index (χ0) is 26.4. The van der Waals surface area contributed by atoms with Crippen LogP contribution in [0.1, 0.15) is 31.0 Å². The zero-order valence-electron chi connectivity index (χ0n) is 21.7. The minimum atomic E-state index is -0.264. The second kappa shape index (κ2) is 9.68. The molecule has 0 spiro atoms. The Hall–Kier alpha value is -4.04. The number of amides is 1. The summed E-state index contributed by atoms with van der Waals surface area (Å²) in [5, 5.41) is 4.46. The van der Waals surface area contributed by atoms with Gasteiger partial charge >= 0.3 is 0 Å². The molecule has 3 aromatic rings. The Morgan fingerprint density at radius 3 is 2.76 bits per heavy atom. The fourth-order valence-corrected chi connectivity index (χ4v) is 5.68. The molecule has 6 rings (SSSR count). The molecule has 2 unspecified atom stereocenters. The van der Waals surface area contributed by atoms with Crippen molar-refractivity contribution < 1.29 is 13.9 Å². The van der Waals surface area contributed by atoms with Crippen molar-refractivity contribution in [2.45, 2.75) is 38.5 Å². The van der Waals surface area contributed by atoms with Gasteiger partial charge in [-0.25, -0.2) is 4.39 Å². The van der Waals surface area contributed by atoms with Gasteiger partial charge in [0.15, 0.2) is 0 Å². The van der Waals surface area contributed by atoms with E-state index in [4.69, 9.17) is 10.5 Å². The van der Waals surface area contributed by atoms with Crippen molar-refractivity contribution in [1.29, 1.82) is 0 Å². The first-order valence-corrected chi connectivity index (χ1v) is 13.0. The Bertz CT molecular complexity index is 1490. The smallest absolute Gasteiger partial charge is 0.253 e. The number of carbonyl (C=O) groups excluding carboxylic acids is 1. The number of methoxy groups -OCH3 is 1. The molecular weight excluding hydrogens is 481 g/mol. The second-order valence-electron chi connectivity index (χ2n) is 10.2. The fraction of sp³-hybridized carbons (Fsp3) is 0.300. The van der Waals surface area contributed by atoms with E-state index in [2.05, 4.69) is 21.7 Å². The lowest BCUT2D eigenvalue weighted by Gasteiger charge is -2.32. The van der Waals surface area contributed by atoms with Crippen molar-refractivity contribution in [2.24, 2.45) is 5.73 Å². The second-order valence-corrected chi connectivity index (χ2v) is 10.2. The molecule has 1 saturated heterocycles. The molecule has 0 saturated carbocycles. The van der Waals surface area contributed by atoms with E-state index in [9.17, 15) is 9.18 Å². The van der Waals surface area contributed by atoms with Crippen LogP contribution in [0.15, 0.2) is 78.2 Å². The van der Waals surface area contributed by atoms with E-state index in [1.165, 1.54) is 6.07 Å². The summed E-state index contributed by atoms with van der Waals surface area (Å²) in [4.78, 5) is 17.2. The lowest BCUT2D eigenvalue weighted by molar-refractivity contribution is -0.128. The summed E-state index contributed by atoms with van der Waals surface area (Å²) < 4.78 is 21.7. The molecule has 1 aromatic heterocycles. The van der Waals surface area contributed by atoms with Crippen molar-refractivity contribution in [3.63, 3.8) is 0 Å². The van der Waals surface area contributed by atoms with Crippen LogP contribution in [0.3, 0.4) is 0 Å². The lowest BCUT2D eigenvalue weighted by atomic mass is 10.0. The number of ether oxygens (including phenoxy) is 1. The summed E-state index contributed by atoms with van der Waals surface area (Å²) in [5.41, 5.74) is 11.8. The molecule has 3 aliphatic rings. The summed E-state index contributed by atoms with van der Waals surface area (Å²) >= 11 is 0. The Kier molecular flexibility index (Phi) is 6.19. The van der Waals surface area contributed by atoms with E-state index in [-0.39, 0.29) is 23.9 Å². The minimum absolute atomic E-state index is 0.0213. The number of carbonyl (C=O) groups is 1. The molecule has 1 fully saturated rings. The molecule has 3 N–H and O–H groups in total. The minimum Gasteiger partial charge on any atom is -0.497 e. The summed E-state index contributed by atoms with van der Waals surface area (Å²) in [6.07, 6.45) is 7.54. The van der Waals surface area contributed by atoms with E-state index in [1.807, 2.05) is 59.7 Å². The van der Waals surface area contributed by atoms with Gasteiger partial charge in [0.05, 0.1) is 18.5 Å². The number of likely N-dealkylation sites (tertiary alicyclic amines) is 1. The van der Waals surface area contributed by atoms with Crippen LogP contribution in [0.2, 0.25) is 0 Å². The lowest BCUT2D eigenvalue weighted by Crippen LogP contribution is -2.46. The van der Waals surface area contributed by atoms with Crippen LogP contribution >= 0.6 is 0 Å². The monoisotopic (exact) mass is 513 g/mol. The van der Waals surface area contributed by atoms with E-state index in [1.54, 1.807) is 13.2 Å². The van der Waals surface area contributed by atoms with Gasteiger partial charge in [0, 0.05) is 54.0 Å². The highest BCUT2D eigenvalue weighted by Crippen LogP contribution is 2.35. The molecule has 4 heterocycles. The predicted molar refractivity (Wildman–Crippen MR) is 146 cm³/mol. The van der Waals surface area contributed by atoms with Crippen molar-refractivity contribution in [3.8, 4) is 5.75 Å². The van der Waals surface area contributed by atoms with Crippen LogP contribution in [-0.2, 0) is 11.3 Å². The topological polar surface area (TPSA) is 75.8 Å². The molecular formula is C30H32FN5O2. The summed E-state index contributed by atoms with van der Waals surface area (Å²) in [6.45, 7) is 4.01. The third-order valence-electron chi connectivity index (χ3n) is 7.70. The van der Waals surface area contributed by atoms with Gasteiger partial charge in [-0.05, 0) is 73.9 Å². The number of benzene rings is 2. The predicted octanol–water partition coefficient (Wildman–Crippen LogP) is 4.16. The van der Waals surface area contributed by atoms with E-state index in [0.29, 0.717) is 18.7 Å². The van der Waals surface area contributed by atoms with Crippen molar-refractivity contribution in [1.82, 2.24) is 19.7 Å². The number of nitrogens with zero attached hydrogens (tertiary/aromatic N) is 3. The standard InChI is InChI=1S/C30H32FN5O2/c1-19-29(33-28-16-21(11-13-35(19)28)30(37)34-12-3-4-24(32)18-34)27-15-22-14-23(31)7-10-26(22)36(27)17-20-5-8-25(38-2)9-6-20/h5-11,13-16,24,28,33H,3-4,12,17-18,32H2,1-2H3. The van der Waals surface area contributed by atoms with Gasteiger partial charge in [-0.3, -0.25) is 4.79 Å². The number of nitrogens with one attached hydrogen (secondary N) is 1. The van der Waals surface area contributed by atoms with Crippen molar-refractivity contribution >= 4 is 22.5 Å². The fourth-order valence-electron chi connectivity index (χ4n) is 5.68. The maximum absolute atomic E-state index is 14.2. The molecule has 7 nitrogen and oxygen atoms in total. The van der Waals surface area contributed by atoms with Crippen LogP contribution in [0.5, 0.6) is 5.75 Å². The molecule has 3 aliphatic heterocycles. The van der Waals surface area contributed by atoms with Crippen LogP contribution in [0.25, 0.3) is 16.6 Å². The SMILES string of the molecule is COc1ccc(Cn2c(C3=C(C)N4C=CC(C(=O)N5CCCC(N)C5)=CC4N3)cc3cc(F)ccc32)cc1. The van der Waals surface area contributed by atoms with Crippen molar-refractivity contribution in [2.75, 3.05) is 20.2 Å². The van der Waals surface area contributed by atoms with Crippen LogP contribution < -0.4 is 15.8 Å². The Morgan fingerprint density at radius 1 is 1.18 bits per heavy atom. The van der Waals surface area contributed by atoms with E-state index in [0.717, 1.165) is 58.7 Å². The molecule has 0 aliphatic carbocycles. The Balaban J connectivity index is 1.33. The molecule has 8 heteroatoms. The molecule has 0 bridgehead atoms. The average molecular weight is 514 g/mol. The molecule has 2 atom stereocenters. The largest absolute Gasteiger partial charge is 0.497 e. The summed E-state index contributed by atoms with van der Waals surface area (Å²) in [5.74, 6) is 0.560. The number of halogens is 1. The maximum Gasteiger partial charge on any atom is 0.253 e. The molecule has 1 amide bonds. The molecule has 2 aromatic carbocycles. The Morgan fingerprint density at radius 2 is 2.00 bits per heavy atom. The average Bonchev–Trinajstić information content (AvgIpc) is 3.44. The first kappa shape index (κ1) is 24.3. The van der Waals surface area contributed by atoms with Gasteiger partial charge in [0.1, 0.15) is 17.7 Å². The van der Waals surface area contributed by atoms with Gasteiger partial charge in [0.25, 0.3) is 5.91 Å². The number of piperidine rings is 1. The van der Waals surface area contributed by atoms with Crippen LogP contribution in [0.4, 0.5) is 4.39 Å². The normalized spacial score (nSPS) is 21.0. The highest BCUT2D eigenvalue weighted by Gasteiger charge is 2.33. The number of hydrogen-bond donors (Lipinski definition) is 2. The number of hydrogen-bond acceptors (Lipinski definition) is 5. The number of fused-ring (bicyclic) bond motifs is 2. The van der Waals surface area contributed by atoms with Gasteiger partial charge in [0.2, 0.25) is 0 Å². The van der Waals surface area contributed by atoms with Gasteiger partial charge in [-0.1, -0.05) is 12.1 Å². The van der Waals surface area contributed by atoms with E-state index < -0.39 is 0 Å². The first-order chi connectivity index (χ1) is 18.4. The van der Waals surface area contributed by atoms with Crippen LogP contribution in [0, 0.1) is 5.82 Å². The maximum atomic E-state index is 14.2. The van der Waals surface area contributed by atoms with Crippen LogP contribution in [-0.4, -0.2) is 52.7 Å². The highest BCUT2D eigenvalue weighted by atomic mass is 19.1. The third kappa shape index (κ3) is 4.35. The van der Waals surface area contributed by atoms with Gasteiger partial charge < -0.3 is 30.2 Å². The first-order valence-electron chi connectivity index (χ1n) is 13.0. The number of nitrogens with two attached hydrogens (primary N) is 1. The number of aromatic nitrogens is 1. The zero-order valence-corrected chi connectivity index (χ0v) is 21.7. The highest BCUT2D eigenvalue weighted by molar-refractivity contribution is 5.97. The molecule has 38 heavy (non-hydrogen) atoms. The number of allylic oxidation sites excluding steroid dienone is 1. The summed E-state index contributed by atoms with van der Waals surface area (Å²) in [7, 11) is 1.65.